The highest BCUT2D eigenvalue weighted by atomic mass is 32.2. The molecule has 0 bridgehead atoms. The highest BCUT2D eigenvalue weighted by molar-refractivity contribution is 7.88. The fourth-order valence-electron chi connectivity index (χ4n) is 2.09. The second-order valence-electron chi connectivity index (χ2n) is 4.80. The average Bonchev–Trinajstić information content (AvgIpc) is 2.34. The van der Waals surface area contributed by atoms with Gasteiger partial charge in [0.15, 0.2) is 0 Å². The Morgan fingerprint density at radius 2 is 1.89 bits per heavy atom. The molecule has 1 unspecified atom stereocenters. The van der Waals surface area contributed by atoms with Crippen LogP contribution in [0.4, 0.5) is 0 Å². The molecule has 0 spiro atoms. The summed E-state index contributed by atoms with van der Waals surface area (Å²) in [6.07, 6.45) is 2.29. The Bertz CT molecular complexity index is 326. The number of aliphatic hydroxyl groups excluding tert-OH is 1. The van der Waals surface area contributed by atoms with Crippen molar-refractivity contribution in [2.24, 2.45) is 0 Å². The molecule has 1 aliphatic rings. The number of rotatable bonds is 7. The molecule has 0 radical (unpaired) electrons. The maximum atomic E-state index is 11.4. The number of nitrogens with one attached hydrogen (secondary N) is 1. The third kappa shape index (κ3) is 5.19. The molecule has 0 saturated carbocycles. The largest absolute Gasteiger partial charge is 0.395 e. The number of sulfonamides is 1. The van der Waals surface area contributed by atoms with Crippen molar-refractivity contribution >= 4 is 10.0 Å². The lowest BCUT2D eigenvalue weighted by Crippen LogP contribution is -2.52. The topological polar surface area (TPSA) is 72.9 Å². The molecule has 7 heteroatoms. The van der Waals surface area contributed by atoms with Crippen LogP contribution in [0.2, 0.25) is 0 Å². The molecule has 0 amide bonds. The monoisotopic (exact) mass is 279 g/mol. The van der Waals surface area contributed by atoms with Crippen molar-refractivity contribution < 1.29 is 13.5 Å². The number of nitrogens with zero attached hydrogens (tertiary/aromatic N) is 2. The first-order chi connectivity index (χ1) is 8.47. The lowest BCUT2D eigenvalue weighted by molar-refractivity contribution is 0.145. The predicted octanol–water partition coefficient (Wildman–Crippen LogP) is -1.08. The van der Waals surface area contributed by atoms with E-state index in [0.29, 0.717) is 13.1 Å². The van der Waals surface area contributed by atoms with Crippen LogP contribution in [0.25, 0.3) is 0 Å². The lowest BCUT2D eigenvalue weighted by atomic mass is 10.2. The van der Waals surface area contributed by atoms with Crippen LogP contribution < -0.4 is 5.32 Å². The van der Waals surface area contributed by atoms with E-state index in [4.69, 9.17) is 0 Å². The zero-order valence-corrected chi connectivity index (χ0v) is 12.1. The van der Waals surface area contributed by atoms with Gasteiger partial charge in [0.1, 0.15) is 0 Å². The van der Waals surface area contributed by atoms with Crippen molar-refractivity contribution in [2.45, 2.75) is 19.4 Å². The highest BCUT2D eigenvalue weighted by Crippen LogP contribution is 2.06. The molecule has 18 heavy (non-hydrogen) atoms. The Morgan fingerprint density at radius 3 is 2.33 bits per heavy atom. The smallest absolute Gasteiger partial charge is 0.211 e. The molecule has 0 aliphatic carbocycles. The standard InChI is InChI=1S/C11H25N3O3S/c1-3-4-12-11(10-15)9-13-5-7-14(8-6-13)18(2,16)17/h11-12,15H,3-10H2,1-2H3. The fourth-order valence-corrected chi connectivity index (χ4v) is 2.92. The van der Waals surface area contributed by atoms with Gasteiger partial charge in [0.2, 0.25) is 10.0 Å². The molecule has 1 fully saturated rings. The molecule has 1 atom stereocenters. The van der Waals surface area contributed by atoms with E-state index in [0.717, 1.165) is 32.6 Å². The molecule has 1 rings (SSSR count). The fraction of sp³-hybridized carbons (Fsp3) is 1.00. The first-order valence-corrected chi connectivity index (χ1v) is 8.34. The van der Waals surface area contributed by atoms with Crippen molar-refractivity contribution in [3.63, 3.8) is 0 Å². The Labute approximate surface area is 110 Å². The lowest BCUT2D eigenvalue weighted by Gasteiger charge is -2.35. The summed E-state index contributed by atoms with van der Waals surface area (Å²) >= 11 is 0. The molecule has 108 valence electrons. The van der Waals surface area contributed by atoms with Gasteiger partial charge in [-0.15, -0.1) is 0 Å². The maximum Gasteiger partial charge on any atom is 0.211 e. The van der Waals surface area contributed by atoms with Crippen LogP contribution in [-0.4, -0.2) is 80.9 Å². The quantitative estimate of drug-likeness (QED) is 0.620. The number of hydrogen-bond acceptors (Lipinski definition) is 5. The number of piperazine rings is 1. The van der Waals surface area contributed by atoms with Crippen molar-refractivity contribution in [2.75, 3.05) is 52.1 Å². The van der Waals surface area contributed by atoms with Crippen LogP contribution in [0.1, 0.15) is 13.3 Å². The third-order valence-corrected chi connectivity index (χ3v) is 4.49. The zero-order valence-electron chi connectivity index (χ0n) is 11.3. The van der Waals surface area contributed by atoms with Gasteiger partial charge in [0.05, 0.1) is 12.9 Å². The summed E-state index contributed by atoms with van der Waals surface area (Å²) in [7, 11) is -3.06. The first kappa shape index (κ1) is 15.8. The minimum Gasteiger partial charge on any atom is -0.395 e. The van der Waals surface area contributed by atoms with Gasteiger partial charge in [-0.25, -0.2) is 8.42 Å². The van der Waals surface area contributed by atoms with E-state index in [9.17, 15) is 13.5 Å². The Balaban J connectivity index is 2.34. The van der Waals surface area contributed by atoms with Gasteiger partial charge in [-0.1, -0.05) is 6.92 Å². The number of hydrogen-bond donors (Lipinski definition) is 2. The molecule has 0 aromatic rings. The minimum atomic E-state index is -3.06. The van der Waals surface area contributed by atoms with Crippen LogP contribution in [0.3, 0.4) is 0 Å². The van der Waals surface area contributed by atoms with Gasteiger partial charge in [-0.3, -0.25) is 4.90 Å². The van der Waals surface area contributed by atoms with E-state index >= 15 is 0 Å². The van der Waals surface area contributed by atoms with E-state index in [1.807, 2.05) is 0 Å². The van der Waals surface area contributed by atoms with Gasteiger partial charge >= 0.3 is 0 Å². The summed E-state index contributed by atoms with van der Waals surface area (Å²) in [6.45, 7) is 6.44. The molecule has 0 aromatic carbocycles. The molecule has 1 saturated heterocycles. The number of aliphatic hydroxyl groups is 1. The van der Waals surface area contributed by atoms with Crippen LogP contribution in [0, 0.1) is 0 Å². The molecular formula is C11H25N3O3S. The van der Waals surface area contributed by atoms with Gasteiger partial charge in [-0.05, 0) is 13.0 Å². The zero-order chi connectivity index (χ0) is 13.6. The highest BCUT2D eigenvalue weighted by Gasteiger charge is 2.24. The summed E-state index contributed by atoms with van der Waals surface area (Å²) in [6, 6.07) is 0.0785. The minimum absolute atomic E-state index is 0.0785. The van der Waals surface area contributed by atoms with E-state index in [2.05, 4.69) is 17.1 Å². The van der Waals surface area contributed by atoms with Gasteiger partial charge in [0.25, 0.3) is 0 Å². The summed E-state index contributed by atoms with van der Waals surface area (Å²) in [4.78, 5) is 2.20. The predicted molar refractivity (Wildman–Crippen MR) is 72.0 cm³/mol. The third-order valence-electron chi connectivity index (χ3n) is 3.18. The molecule has 1 aliphatic heterocycles. The molecule has 6 nitrogen and oxygen atoms in total. The van der Waals surface area contributed by atoms with Crippen LogP contribution in [-0.2, 0) is 10.0 Å². The van der Waals surface area contributed by atoms with Crippen LogP contribution >= 0.6 is 0 Å². The molecule has 1 heterocycles. The van der Waals surface area contributed by atoms with Crippen molar-refractivity contribution in [1.29, 1.82) is 0 Å². The Kier molecular flexibility index (Phi) is 6.51. The maximum absolute atomic E-state index is 11.4. The van der Waals surface area contributed by atoms with Gasteiger partial charge < -0.3 is 10.4 Å². The molecular weight excluding hydrogens is 254 g/mol. The van der Waals surface area contributed by atoms with Crippen molar-refractivity contribution in [3.05, 3.63) is 0 Å². The van der Waals surface area contributed by atoms with Crippen molar-refractivity contribution in [1.82, 2.24) is 14.5 Å². The van der Waals surface area contributed by atoms with Gasteiger partial charge in [0, 0.05) is 38.8 Å². The SMILES string of the molecule is CCCNC(CO)CN1CCN(S(C)(=O)=O)CC1. The molecule has 2 N–H and O–H groups in total. The summed E-state index contributed by atoms with van der Waals surface area (Å²) in [5.41, 5.74) is 0. The van der Waals surface area contributed by atoms with E-state index in [1.54, 1.807) is 0 Å². The second kappa shape index (κ2) is 7.40. The Morgan fingerprint density at radius 1 is 1.28 bits per heavy atom. The van der Waals surface area contributed by atoms with Crippen molar-refractivity contribution in [3.8, 4) is 0 Å². The van der Waals surface area contributed by atoms with E-state index < -0.39 is 10.0 Å². The van der Waals surface area contributed by atoms with E-state index in [-0.39, 0.29) is 12.6 Å². The average molecular weight is 279 g/mol. The molecule has 0 aromatic heterocycles. The second-order valence-corrected chi connectivity index (χ2v) is 6.78. The summed E-state index contributed by atoms with van der Waals surface area (Å²) in [5.74, 6) is 0. The van der Waals surface area contributed by atoms with Crippen LogP contribution in [0.15, 0.2) is 0 Å². The Hall–Kier alpha value is -0.210. The summed E-state index contributed by atoms with van der Waals surface area (Å²) in [5, 5.41) is 12.6. The van der Waals surface area contributed by atoms with Crippen LogP contribution in [0.5, 0.6) is 0 Å². The van der Waals surface area contributed by atoms with Gasteiger partial charge in [-0.2, -0.15) is 4.31 Å². The summed E-state index contributed by atoms with van der Waals surface area (Å²) < 4.78 is 24.2. The first-order valence-electron chi connectivity index (χ1n) is 6.49. The normalized spacial score (nSPS) is 21.1. The van der Waals surface area contributed by atoms with E-state index in [1.165, 1.54) is 10.6 Å².